The molecule has 3 rings (SSSR count). The Kier molecular flexibility index (Phi) is 7.62. The van der Waals surface area contributed by atoms with E-state index < -0.39 is 10.9 Å². The molecular weight excluding hydrogens is 408 g/mol. The Morgan fingerprint density at radius 1 is 1.16 bits per heavy atom. The number of benzene rings is 1. The predicted molar refractivity (Wildman–Crippen MR) is 129 cm³/mol. The largest absolute Gasteiger partial charge is 0.335 e. The van der Waals surface area contributed by atoms with Crippen LogP contribution < -0.4 is 4.31 Å². The number of ketones is 1. The van der Waals surface area contributed by atoms with Gasteiger partial charge in [0.1, 0.15) is 0 Å². The third-order valence-electron chi connectivity index (χ3n) is 5.66. The van der Waals surface area contributed by atoms with Crippen LogP contribution in [-0.4, -0.2) is 56.9 Å². The third-order valence-corrected chi connectivity index (χ3v) is 7.40. The number of hydrogen-bond donors (Lipinski definition) is 0. The highest BCUT2D eigenvalue weighted by Crippen LogP contribution is 2.34. The van der Waals surface area contributed by atoms with Gasteiger partial charge in [-0.05, 0) is 48.3 Å². The van der Waals surface area contributed by atoms with Crippen LogP contribution >= 0.6 is 10.9 Å². The smallest absolute Gasteiger partial charge is 0.220 e. The van der Waals surface area contributed by atoms with Crippen molar-refractivity contribution in [3.05, 3.63) is 59.9 Å². The number of carbonyl (C=O) groups excluding carboxylic acids is 2. The second-order valence-corrected chi connectivity index (χ2v) is 9.67. The average Bonchev–Trinajstić information content (AvgIpc) is 2.76. The van der Waals surface area contributed by atoms with Crippen molar-refractivity contribution >= 4 is 34.1 Å². The van der Waals surface area contributed by atoms with Crippen LogP contribution in [0.4, 0.5) is 5.69 Å². The summed E-state index contributed by atoms with van der Waals surface area (Å²) in [4.78, 5) is 30.3. The Labute approximate surface area is 188 Å². The lowest BCUT2D eigenvalue weighted by atomic mass is 10.1. The van der Waals surface area contributed by atoms with E-state index in [-0.39, 0.29) is 23.8 Å². The van der Waals surface area contributed by atoms with Gasteiger partial charge >= 0.3 is 0 Å². The van der Waals surface area contributed by atoms with Crippen LogP contribution in [-0.2, 0) is 11.3 Å². The van der Waals surface area contributed by atoms with Crippen molar-refractivity contribution in [1.29, 1.82) is 0 Å². The number of aromatic nitrogens is 1. The van der Waals surface area contributed by atoms with E-state index >= 15 is 0 Å². The van der Waals surface area contributed by atoms with E-state index in [4.69, 9.17) is 0 Å². The maximum absolute atomic E-state index is 12.0. The van der Waals surface area contributed by atoms with E-state index in [0.29, 0.717) is 13.0 Å². The first-order valence-electron chi connectivity index (χ1n) is 10.7. The molecule has 1 saturated heterocycles. The Hall–Kier alpha value is -2.51. The summed E-state index contributed by atoms with van der Waals surface area (Å²) in [6.07, 6.45) is 4.13. The first kappa shape index (κ1) is 23.2. The molecule has 2 heterocycles. The van der Waals surface area contributed by atoms with Gasteiger partial charge in [-0.3, -0.25) is 14.6 Å². The van der Waals surface area contributed by atoms with Crippen molar-refractivity contribution in [2.24, 2.45) is 0 Å². The number of hydrogen-bond acceptors (Lipinski definition) is 5. The van der Waals surface area contributed by atoms with Crippen LogP contribution in [0, 0.1) is 0 Å². The van der Waals surface area contributed by atoms with Crippen LogP contribution in [0.25, 0.3) is 0 Å². The van der Waals surface area contributed by atoms with E-state index in [9.17, 15) is 9.59 Å². The molecule has 1 fully saturated rings. The molecule has 0 bridgehead atoms. The second-order valence-electron chi connectivity index (χ2n) is 8.03. The number of anilines is 1. The molecule has 1 aromatic heterocycles. The lowest BCUT2D eigenvalue weighted by Gasteiger charge is -2.46. The minimum atomic E-state index is -0.459. The fraction of sp³-hybridized carbons (Fsp3) is 0.417. The molecule has 166 valence electrons. The summed E-state index contributed by atoms with van der Waals surface area (Å²) in [6, 6.07) is 12.1. The lowest BCUT2D eigenvalue weighted by molar-refractivity contribution is -0.135. The first-order valence-corrected chi connectivity index (χ1v) is 12.0. The Morgan fingerprint density at radius 2 is 1.81 bits per heavy atom. The van der Waals surface area contributed by atoms with Crippen molar-refractivity contribution in [2.75, 3.05) is 17.4 Å². The van der Waals surface area contributed by atoms with Crippen molar-refractivity contribution in [1.82, 2.24) is 14.2 Å². The summed E-state index contributed by atoms with van der Waals surface area (Å²) < 4.78 is 4.61. The molecule has 0 radical (unpaired) electrons. The minimum absolute atomic E-state index is 0.120. The summed E-state index contributed by atoms with van der Waals surface area (Å²) in [7, 11) is -0.459. The average molecular weight is 441 g/mol. The molecule has 3 atom stereocenters. The molecule has 0 saturated carbocycles. The van der Waals surface area contributed by atoms with Crippen LogP contribution in [0.1, 0.15) is 50.0 Å². The standard InChI is InChI=1S/C24H32N4O2S/c1-6-24(30)22-11-9-21(10-12-22)17-27(23-8-7-13-25-14-23)31(5)26-15-18(2)28(20(4)29)19(3)16-26/h7-14,18-19H,5-6,15-17H2,1-4H3. The number of rotatable bonds is 7. The summed E-state index contributed by atoms with van der Waals surface area (Å²) in [5.41, 5.74) is 2.86. The summed E-state index contributed by atoms with van der Waals surface area (Å²) >= 11 is 0. The molecule has 31 heavy (non-hydrogen) atoms. The van der Waals surface area contributed by atoms with E-state index in [2.05, 4.69) is 33.3 Å². The molecule has 1 aliphatic rings. The molecule has 1 amide bonds. The van der Waals surface area contributed by atoms with E-state index in [1.54, 1.807) is 13.1 Å². The van der Waals surface area contributed by atoms with Gasteiger partial charge in [-0.2, -0.15) is 0 Å². The van der Waals surface area contributed by atoms with Gasteiger partial charge in [-0.1, -0.05) is 31.2 Å². The van der Waals surface area contributed by atoms with Gasteiger partial charge in [0.15, 0.2) is 5.78 Å². The number of piperazine rings is 1. The second kappa shape index (κ2) is 10.2. The van der Waals surface area contributed by atoms with Crippen LogP contribution in [0.5, 0.6) is 0 Å². The molecule has 7 heteroatoms. The number of Topliss-reactive ketones (excluding diaryl/α,β-unsaturated/α-hetero) is 1. The van der Waals surface area contributed by atoms with Crippen molar-refractivity contribution in [2.45, 2.75) is 52.7 Å². The van der Waals surface area contributed by atoms with E-state index in [0.717, 1.165) is 29.9 Å². The highest BCUT2D eigenvalue weighted by molar-refractivity contribution is 8.13. The number of nitrogens with zero attached hydrogens (tertiary/aromatic N) is 4. The molecule has 1 aliphatic heterocycles. The monoisotopic (exact) mass is 440 g/mol. The fourth-order valence-corrected chi connectivity index (χ4v) is 5.87. The number of pyridine rings is 1. The maximum atomic E-state index is 12.0. The normalized spacial score (nSPS) is 20.3. The van der Waals surface area contributed by atoms with Crippen molar-refractivity contribution < 1.29 is 9.59 Å². The molecule has 2 aromatic rings. The molecule has 1 aromatic carbocycles. The van der Waals surface area contributed by atoms with Crippen LogP contribution in [0.3, 0.4) is 0 Å². The summed E-state index contributed by atoms with van der Waals surface area (Å²) in [5, 5.41) is 0. The zero-order valence-corrected chi connectivity index (χ0v) is 19.6. The van der Waals surface area contributed by atoms with E-state index in [1.165, 1.54) is 0 Å². The lowest BCUT2D eigenvalue weighted by Crippen LogP contribution is -2.57. The molecule has 0 spiro atoms. The third kappa shape index (κ3) is 5.40. The Balaban J connectivity index is 1.84. The Bertz CT molecular complexity index is 920. The van der Waals surface area contributed by atoms with Gasteiger partial charge in [-0.25, -0.2) is 4.31 Å². The number of carbonyl (C=O) groups is 2. The number of amides is 1. The summed E-state index contributed by atoms with van der Waals surface area (Å²) in [6.45, 7) is 9.92. The molecule has 3 unspecified atom stereocenters. The predicted octanol–water partition coefficient (Wildman–Crippen LogP) is 4.15. The first-order chi connectivity index (χ1) is 14.8. The van der Waals surface area contributed by atoms with Gasteiger partial charge < -0.3 is 9.21 Å². The fourth-order valence-electron chi connectivity index (χ4n) is 4.16. The van der Waals surface area contributed by atoms with Gasteiger partial charge in [0.2, 0.25) is 5.91 Å². The van der Waals surface area contributed by atoms with Crippen LogP contribution in [0.15, 0.2) is 48.8 Å². The molecule has 0 aliphatic carbocycles. The quantitative estimate of drug-likeness (QED) is 0.478. The van der Waals surface area contributed by atoms with Crippen molar-refractivity contribution in [3.8, 4) is 0 Å². The highest BCUT2D eigenvalue weighted by Gasteiger charge is 2.33. The molecular formula is C24H32N4O2S. The van der Waals surface area contributed by atoms with Crippen LogP contribution in [0.2, 0.25) is 0 Å². The van der Waals surface area contributed by atoms with Crippen molar-refractivity contribution in [3.63, 3.8) is 0 Å². The van der Waals surface area contributed by atoms with Gasteiger partial charge in [0.25, 0.3) is 0 Å². The summed E-state index contributed by atoms with van der Waals surface area (Å²) in [5.74, 6) is 4.80. The Morgan fingerprint density at radius 3 is 2.32 bits per heavy atom. The highest BCUT2D eigenvalue weighted by atomic mass is 32.2. The van der Waals surface area contributed by atoms with Gasteiger partial charge in [0.05, 0.1) is 18.4 Å². The SMILES string of the molecule is C=S(N1CC(C)N(C(C)=O)C(C)C1)N(Cc1ccc(C(=O)CC)cc1)c1cccnc1. The maximum Gasteiger partial charge on any atom is 0.220 e. The van der Waals surface area contributed by atoms with Gasteiger partial charge in [-0.15, -0.1) is 0 Å². The minimum Gasteiger partial charge on any atom is -0.335 e. The topological polar surface area (TPSA) is 56.8 Å². The zero-order chi connectivity index (χ0) is 22.5. The van der Waals surface area contributed by atoms with Gasteiger partial charge in [0, 0.05) is 50.3 Å². The van der Waals surface area contributed by atoms with E-state index in [1.807, 2.05) is 54.4 Å². The molecule has 6 nitrogen and oxygen atoms in total. The molecule has 0 N–H and O–H groups in total. The zero-order valence-electron chi connectivity index (χ0n) is 18.8.